The maximum absolute atomic E-state index is 12.7. The number of nitrogens with zero attached hydrogens (tertiary/aromatic N) is 2. The van der Waals surface area contributed by atoms with E-state index in [1.54, 1.807) is 38.4 Å². The molecule has 2 heterocycles. The molecule has 146 valence electrons. The monoisotopic (exact) mass is 400 g/mol. The number of carbonyl (C=O) groups excluding carboxylic acids is 2. The molecule has 3 rings (SSSR count). The van der Waals surface area contributed by atoms with Crippen LogP contribution in [0.2, 0.25) is 0 Å². The van der Waals surface area contributed by atoms with Gasteiger partial charge in [-0.25, -0.2) is 9.59 Å². The highest BCUT2D eigenvalue weighted by Crippen LogP contribution is 2.31. The van der Waals surface area contributed by atoms with Gasteiger partial charge < -0.3 is 20.1 Å². The fraction of sp³-hybridized carbons (Fsp3) is 0.263. The molecule has 0 aliphatic carbocycles. The molecule has 0 saturated heterocycles. The Labute approximate surface area is 166 Å². The van der Waals surface area contributed by atoms with Gasteiger partial charge in [0.1, 0.15) is 10.8 Å². The van der Waals surface area contributed by atoms with Crippen LogP contribution in [0.1, 0.15) is 18.5 Å². The van der Waals surface area contributed by atoms with Gasteiger partial charge in [-0.15, -0.1) is 5.10 Å². The van der Waals surface area contributed by atoms with Gasteiger partial charge in [0.15, 0.2) is 0 Å². The van der Waals surface area contributed by atoms with Gasteiger partial charge in [-0.05, 0) is 36.8 Å². The number of benzene rings is 1. The quantitative estimate of drug-likeness (QED) is 0.544. The lowest BCUT2D eigenvalue weighted by Gasteiger charge is -2.29. The Hall–Kier alpha value is -3.07. The van der Waals surface area contributed by atoms with Crippen molar-refractivity contribution < 1.29 is 19.1 Å². The smallest absolute Gasteiger partial charge is 0.338 e. The molecule has 8 nitrogen and oxygen atoms in total. The van der Waals surface area contributed by atoms with Gasteiger partial charge in [0.05, 0.1) is 25.3 Å². The summed E-state index contributed by atoms with van der Waals surface area (Å²) in [6.45, 7) is 1.97. The van der Waals surface area contributed by atoms with Crippen LogP contribution in [0, 0.1) is 0 Å². The SMILES string of the molecule is CCOC(=O)C1=C(CSc2cccnn2)NC(=O)NC1c1ccc(OC)cc1. The topological polar surface area (TPSA) is 102 Å². The number of aromatic nitrogens is 2. The van der Waals surface area contributed by atoms with Crippen molar-refractivity contribution in [2.24, 2.45) is 0 Å². The van der Waals surface area contributed by atoms with Crippen LogP contribution in [0.15, 0.2) is 58.9 Å². The minimum absolute atomic E-state index is 0.232. The molecule has 0 spiro atoms. The third kappa shape index (κ3) is 4.61. The Morgan fingerprint density at radius 1 is 1.25 bits per heavy atom. The molecule has 2 N–H and O–H groups in total. The summed E-state index contributed by atoms with van der Waals surface area (Å²) in [5.74, 6) is 0.544. The summed E-state index contributed by atoms with van der Waals surface area (Å²) in [5, 5.41) is 14.1. The Morgan fingerprint density at radius 3 is 2.68 bits per heavy atom. The van der Waals surface area contributed by atoms with Crippen LogP contribution >= 0.6 is 11.8 Å². The summed E-state index contributed by atoms with van der Waals surface area (Å²) >= 11 is 1.37. The predicted molar refractivity (Wildman–Crippen MR) is 104 cm³/mol. The number of rotatable bonds is 7. The zero-order valence-corrected chi connectivity index (χ0v) is 16.3. The number of hydrogen-bond acceptors (Lipinski definition) is 7. The number of nitrogens with one attached hydrogen (secondary N) is 2. The second-order valence-corrected chi connectivity index (χ2v) is 6.76. The highest BCUT2D eigenvalue weighted by molar-refractivity contribution is 7.99. The van der Waals surface area contributed by atoms with Gasteiger partial charge in [-0.2, -0.15) is 5.10 Å². The van der Waals surface area contributed by atoms with Crippen LogP contribution < -0.4 is 15.4 Å². The largest absolute Gasteiger partial charge is 0.497 e. The summed E-state index contributed by atoms with van der Waals surface area (Å²) in [6.07, 6.45) is 1.58. The van der Waals surface area contributed by atoms with Gasteiger partial charge >= 0.3 is 12.0 Å². The van der Waals surface area contributed by atoms with Crippen molar-refractivity contribution in [2.45, 2.75) is 18.0 Å². The maximum atomic E-state index is 12.7. The number of thioether (sulfide) groups is 1. The molecule has 1 aliphatic rings. The van der Waals surface area contributed by atoms with Crippen LogP contribution in [0.4, 0.5) is 4.79 Å². The Kier molecular flexibility index (Phi) is 6.49. The number of methoxy groups -OCH3 is 1. The molecule has 2 amide bonds. The van der Waals surface area contributed by atoms with Crippen molar-refractivity contribution in [1.82, 2.24) is 20.8 Å². The van der Waals surface area contributed by atoms with E-state index in [0.29, 0.717) is 27.8 Å². The number of amides is 2. The Balaban J connectivity index is 1.95. The van der Waals surface area contributed by atoms with E-state index in [4.69, 9.17) is 9.47 Å². The van der Waals surface area contributed by atoms with E-state index in [0.717, 1.165) is 5.56 Å². The molecule has 0 bridgehead atoms. The molecule has 1 unspecified atom stereocenters. The lowest BCUT2D eigenvalue weighted by molar-refractivity contribution is -0.139. The van der Waals surface area contributed by atoms with Crippen molar-refractivity contribution in [1.29, 1.82) is 0 Å². The first-order chi connectivity index (χ1) is 13.6. The molecule has 0 saturated carbocycles. The van der Waals surface area contributed by atoms with Gasteiger partial charge in [0, 0.05) is 17.6 Å². The summed E-state index contributed by atoms with van der Waals surface area (Å²) in [6, 6.07) is 9.74. The number of ether oxygens (including phenoxy) is 2. The second kappa shape index (κ2) is 9.23. The van der Waals surface area contributed by atoms with E-state index in [2.05, 4.69) is 20.8 Å². The Morgan fingerprint density at radius 2 is 2.04 bits per heavy atom. The zero-order chi connectivity index (χ0) is 19.9. The third-order valence-corrected chi connectivity index (χ3v) is 4.96. The summed E-state index contributed by atoms with van der Waals surface area (Å²) in [7, 11) is 1.58. The van der Waals surface area contributed by atoms with Gasteiger partial charge in [0.25, 0.3) is 0 Å². The molecule has 28 heavy (non-hydrogen) atoms. The third-order valence-electron chi connectivity index (χ3n) is 4.01. The van der Waals surface area contributed by atoms with Crippen LogP contribution in [0.3, 0.4) is 0 Å². The average Bonchev–Trinajstić information content (AvgIpc) is 2.72. The minimum atomic E-state index is -0.629. The molecule has 0 fully saturated rings. The van der Waals surface area contributed by atoms with Crippen LogP contribution in [0.5, 0.6) is 5.75 Å². The highest BCUT2D eigenvalue weighted by atomic mass is 32.2. The molecule has 1 atom stereocenters. The molecule has 1 aromatic heterocycles. The van der Waals surface area contributed by atoms with Gasteiger partial charge in [-0.1, -0.05) is 23.9 Å². The molecule has 1 aliphatic heterocycles. The lowest BCUT2D eigenvalue weighted by Crippen LogP contribution is -2.46. The number of urea groups is 1. The van der Waals surface area contributed by atoms with Crippen molar-refractivity contribution in [2.75, 3.05) is 19.5 Å². The average molecular weight is 400 g/mol. The standard InChI is InChI=1S/C19H20N4O4S/c1-3-27-18(24)16-14(11-28-15-5-4-10-20-23-15)21-19(25)22-17(16)12-6-8-13(26-2)9-7-12/h4-10,17H,3,11H2,1-2H3,(H2,21,22,25). The fourth-order valence-electron chi connectivity index (χ4n) is 2.74. The van der Waals surface area contributed by atoms with Crippen molar-refractivity contribution in [3.05, 3.63) is 59.4 Å². The number of esters is 1. The van der Waals surface area contributed by atoms with E-state index < -0.39 is 12.0 Å². The van der Waals surface area contributed by atoms with Gasteiger partial charge in [-0.3, -0.25) is 0 Å². The van der Waals surface area contributed by atoms with E-state index in [1.165, 1.54) is 11.8 Å². The first-order valence-electron chi connectivity index (χ1n) is 8.64. The van der Waals surface area contributed by atoms with E-state index in [-0.39, 0.29) is 12.6 Å². The van der Waals surface area contributed by atoms with Crippen molar-refractivity contribution in [3.8, 4) is 5.75 Å². The molecular weight excluding hydrogens is 380 g/mol. The molecule has 1 aromatic carbocycles. The van der Waals surface area contributed by atoms with E-state index >= 15 is 0 Å². The first kappa shape index (κ1) is 19.7. The van der Waals surface area contributed by atoms with Crippen LogP contribution in [-0.2, 0) is 9.53 Å². The second-order valence-electron chi connectivity index (χ2n) is 5.77. The van der Waals surface area contributed by atoms with Crippen molar-refractivity contribution in [3.63, 3.8) is 0 Å². The summed E-state index contributed by atoms with van der Waals surface area (Å²) < 4.78 is 10.4. The maximum Gasteiger partial charge on any atom is 0.338 e. The highest BCUT2D eigenvalue weighted by Gasteiger charge is 2.33. The molecule has 0 radical (unpaired) electrons. The summed E-state index contributed by atoms with van der Waals surface area (Å²) in [5.41, 5.74) is 1.60. The minimum Gasteiger partial charge on any atom is -0.497 e. The van der Waals surface area contributed by atoms with E-state index in [1.807, 2.05) is 18.2 Å². The normalized spacial score (nSPS) is 16.2. The van der Waals surface area contributed by atoms with Crippen molar-refractivity contribution >= 4 is 23.8 Å². The number of carbonyl (C=O) groups is 2. The van der Waals surface area contributed by atoms with E-state index in [9.17, 15) is 9.59 Å². The predicted octanol–water partition coefficient (Wildman–Crippen LogP) is 2.45. The fourth-order valence-corrected chi connectivity index (χ4v) is 3.54. The first-order valence-corrected chi connectivity index (χ1v) is 9.63. The summed E-state index contributed by atoms with van der Waals surface area (Å²) in [4.78, 5) is 24.9. The molecular formula is C19H20N4O4S. The Bertz CT molecular complexity index is 871. The van der Waals surface area contributed by atoms with Crippen LogP contribution in [0.25, 0.3) is 0 Å². The molecule has 9 heteroatoms. The molecule has 2 aromatic rings. The lowest BCUT2D eigenvalue weighted by atomic mass is 9.95. The van der Waals surface area contributed by atoms with Crippen LogP contribution in [-0.4, -0.2) is 41.7 Å². The number of hydrogen-bond donors (Lipinski definition) is 2. The zero-order valence-electron chi connectivity index (χ0n) is 15.5. The van der Waals surface area contributed by atoms with Gasteiger partial charge in [0.2, 0.25) is 0 Å².